The van der Waals surface area contributed by atoms with E-state index in [1.54, 1.807) is 4.90 Å². The van der Waals surface area contributed by atoms with Crippen molar-refractivity contribution in [1.82, 2.24) is 4.90 Å². The Bertz CT molecular complexity index is 320. The minimum absolute atomic E-state index is 0.0480. The van der Waals surface area contributed by atoms with Crippen molar-refractivity contribution >= 4 is 5.91 Å². The molecule has 1 saturated carbocycles. The van der Waals surface area contributed by atoms with Crippen LogP contribution in [0.4, 0.5) is 13.2 Å². The van der Waals surface area contributed by atoms with Crippen LogP contribution in [0.15, 0.2) is 0 Å². The SMILES string of the molecule is O=C(CCC1CC1)N1CCC(C(O)C(F)(F)F)CC1. The maximum atomic E-state index is 12.4. The maximum Gasteiger partial charge on any atom is 0.414 e. The van der Waals surface area contributed by atoms with E-state index in [0.717, 1.165) is 6.42 Å². The Morgan fingerprint density at radius 3 is 2.26 bits per heavy atom. The predicted octanol–water partition coefficient (Wildman–Crippen LogP) is 2.34. The van der Waals surface area contributed by atoms with Gasteiger partial charge < -0.3 is 10.0 Å². The van der Waals surface area contributed by atoms with E-state index < -0.39 is 18.2 Å². The number of piperidine rings is 1. The first-order valence-corrected chi connectivity index (χ1v) is 6.90. The van der Waals surface area contributed by atoms with Crippen LogP contribution in [-0.4, -0.2) is 41.3 Å². The third-order valence-corrected chi connectivity index (χ3v) is 4.14. The van der Waals surface area contributed by atoms with E-state index in [9.17, 15) is 23.1 Å². The number of hydrogen-bond acceptors (Lipinski definition) is 2. The molecule has 6 heteroatoms. The lowest BCUT2D eigenvalue weighted by molar-refractivity contribution is -0.222. The van der Waals surface area contributed by atoms with Crippen molar-refractivity contribution in [3.05, 3.63) is 0 Å². The highest BCUT2D eigenvalue weighted by molar-refractivity contribution is 5.76. The number of carbonyl (C=O) groups is 1. The van der Waals surface area contributed by atoms with Crippen LogP contribution >= 0.6 is 0 Å². The van der Waals surface area contributed by atoms with Crippen LogP contribution in [-0.2, 0) is 4.79 Å². The normalized spacial score (nSPS) is 23.5. The van der Waals surface area contributed by atoms with Crippen molar-refractivity contribution in [2.24, 2.45) is 11.8 Å². The summed E-state index contributed by atoms with van der Waals surface area (Å²) in [6, 6.07) is 0. The maximum absolute atomic E-state index is 12.4. The lowest BCUT2D eigenvalue weighted by Crippen LogP contribution is -2.45. The molecule has 3 nitrogen and oxygen atoms in total. The van der Waals surface area contributed by atoms with Crippen molar-refractivity contribution in [2.45, 2.75) is 50.8 Å². The first-order valence-electron chi connectivity index (χ1n) is 6.90. The van der Waals surface area contributed by atoms with E-state index in [2.05, 4.69) is 0 Å². The van der Waals surface area contributed by atoms with Gasteiger partial charge in [-0.1, -0.05) is 12.8 Å². The molecule has 0 bridgehead atoms. The highest BCUT2D eigenvalue weighted by Crippen LogP contribution is 2.34. The van der Waals surface area contributed by atoms with Gasteiger partial charge in [0.25, 0.3) is 0 Å². The fourth-order valence-corrected chi connectivity index (χ4v) is 2.62. The second kappa shape index (κ2) is 5.69. The molecule has 1 unspecified atom stereocenters. The van der Waals surface area contributed by atoms with Gasteiger partial charge in [0.2, 0.25) is 5.91 Å². The van der Waals surface area contributed by atoms with Gasteiger partial charge in [-0.3, -0.25) is 4.79 Å². The van der Waals surface area contributed by atoms with Gasteiger partial charge in [0.15, 0.2) is 6.10 Å². The van der Waals surface area contributed by atoms with Gasteiger partial charge in [0, 0.05) is 19.5 Å². The van der Waals surface area contributed by atoms with Crippen LogP contribution in [0.25, 0.3) is 0 Å². The highest BCUT2D eigenvalue weighted by atomic mass is 19.4. The van der Waals surface area contributed by atoms with Gasteiger partial charge in [-0.25, -0.2) is 0 Å². The molecule has 0 spiro atoms. The Hall–Kier alpha value is -0.780. The molecule has 1 heterocycles. The molecule has 2 aliphatic rings. The molecule has 1 N–H and O–H groups in total. The number of rotatable bonds is 4. The summed E-state index contributed by atoms with van der Waals surface area (Å²) in [7, 11) is 0. The van der Waals surface area contributed by atoms with Gasteiger partial charge in [-0.15, -0.1) is 0 Å². The number of aliphatic hydroxyl groups excluding tert-OH is 1. The second-order valence-corrected chi connectivity index (χ2v) is 5.69. The zero-order valence-electron chi connectivity index (χ0n) is 10.8. The average molecular weight is 279 g/mol. The summed E-state index contributed by atoms with van der Waals surface area (Å²) >= 11 is 0. The predicted molar refractivity (Wildman–Crippen MR) is 63.3 cm³/mol. The number of carbonyl (C=O) groups excluding carboxylic acids is 1. The molecule has 1 amide bonds. The third-order valence-electron chi connectivity index (χ3n) is 4.14. The average Bonchev–Trinajstić information content (AvgIpc) is 3.18. The van der Waals surface area contributed by atoms with Crippen LogP contribution in [0.3, 0.4) is 0 Å². The number of likely N-dealkylation sites (tertiary alicyclic amines) is 1. The number of hydrogen-bond donors (Lipinski definition) is 1. The lowest BCUT2D eigenvalue weighted by Gasteiger charge is -2.34. The van der Waals surface area contributed by atoms with Crippen LogP contribution in [0.5, 0.6) is 0 Å². The van der Waals surface area contributed by atoms with E-state index in [-0.39, 0.29) is 18.7 Å². The number of aliphatic hydroxyl groups is 1. The first-order chi connectivity index (χ1) is 8.88. The van der Waals surface area contributed by atoms with E-state index in [1.165, 1.54) is 12.8 Å². The molecule has 1 atom stereocenters. The lowest BCUT2D eigenvalue weighted by atomic mass is 9.90. The number of amides is 1. The smallest absolute Gasteiger partial charge is 0.383 e. The van der Waals surface area contributed by atoms with E-state index in [4.69, 9.17) is 0 Å². The summed E-state index contributed by atoms with van der Waals surface area (Å²) in [6.45, 7) is 0.669. The topological polar surface area (TPSA) is 40.5 Å². The van der Waals surface area contributed by atoms with E-state index in [0.29, 0.717) is 25.4 Å². The van der Waals surface area contributed by atoms with Crippen LogP contribution in [0.2, 0.25) is 0 Å². The Balaban J connectivity index is 1.73. The molecular formula is C13H20F3NO2. The fourth-order valence-electron chi connectivity index (χ4n) is 2.62. The summed E-state index contributed by atoms with van der Waals surface area (Å²) in [5, 5.41) is 9.19. The Morgan fingerprint density at radius 2 is 1.79 bits per heavy atom. The van der Waals surface area contributed by atoms with Gasteiger partial charge in [-0.05, 0) is 31.1 Å². The number of alkyl halides is 3. The molecule has 0 aromatic carbocycles. The van der Waals surface area contributed by atoms with Crippen molar-refractivity contribution < 1.29 is 23.1 Å². The molecule has 0 aromatic rings. The summed E-state index contributed by atoms with van der Waals surface area (Å²) in [5.41, 5.74) is 0. The Kier molecular flexibility index (Phi) is 4.38. The summed E-state index contributed by atoms with van der Waals surface area (Å²) < 4.78 is 37.1. The van der Waals surface area contributed by atoms with Gasteiger partial charge >= 0.3 is 6.18 Å². The van der Waals surface area contributed by atoms with Crippen molar-refractivity contribution in [3.8, 4) is 0 Å². The summed E-state index contributed by atoms with van der Waals surface area (Å²) in [6.07, 6.45) is -2.52. The molecule has 110 valence electrons. The van der Waals surface area contributed by atoms with E-state index >= 15 is 0 Å². The first kappa shape index (κ1) is 14.6. The van der Waals surface area contributed by atoms with Crippen molar-refractivity contribution in [3.63, 3.8) is 0 Å². The minimum atomic E-state index is -4.55. The molecule has 1 aliphatic carbocycles. The van der Waals surface area contributed by atoms with E-state index in [1.807, 2.05) is 0 Å². The molecule has 0 radical (unpaired) electrons. The molecule has 2 rings (SSSR count). The van der Waals surface area contributed by atoms with Gasteiger partial charge in [0.05, 0.1) is 0 Å². The quantitative estimate of drug-likeness (QED) is 0.858. The molecule has 2 fully saturated rings. The zero-order valence-corrected chi connectivity index (χ0v) is 10.8. The third kappa shape index (κ3) is 4.09. The van der Waals surface area contributed by atoms with Crippen LogP contribution < -0.4 is 0 Å². The van der Waals surface area contributed by atoms with Crippen LogP contribution in [0, 0.1) is 11.8 Å². The highest BCUT2D eigenvalue weighted by Gasteiger charge is 2.44. The summed E-state index contributed by atoms with van der Waals surface area (Å²) in [4.78, 5) is 13.5. The largest absolute Gasteiger partial charge is 0.414 e. The van der Waals surface area contributed by atoms with Gasteiger partial charge in [-0.2, -0.15) is 13.2 Å². The molecular weight excluding hydrogens is 259 g/mol. The standard InChI is InChI=1S/C13H20F3NO2/c14-13(15,16)12(19)10-5-7-17(8-6-10)11(18)4-3-9-1-2-9/h9-10,12,19H,1-8H2. The van der Waals surface area contributed by atoms with Crippen molar-refractivity contribution in [1.29, 1.82) is 0 Å². The summed E-state index contributed by atoms with van der Waals surface area (Å²) in [5.74, 6) is -0.0344. The molecule has 1 aliphatic heterocycles. The monoisotopic (exact) mass is 279 g/mol. The Labute approximate surface area is 110 Å². The molecule has 19 heavy (non-hydrogen) atoms. The molecule has 0 aromatic heterocycles. The Morgan fingerprint density at radius 1 is 1.21 bits per heavy atom. The van der Waals surface area contributed by atoms with Gasteiger partial charge in [0.1, 0.15) is 0 Å². The fraction of sp³-hybridized carbons (Fsp3) is 0.923. The molecule has 1 saturated heterocycles. The second-order valence-electron chi connectivity index (χ2n) is 5.69. The van der Waals surface area contributed by atoms with Crippen molar-refractivity contribution in [2.75, 3.05) is 13.1 Å². The van der Waals surface area contributed by atoms with Crippen LogP contribution in [0.1, 0.15) is 38.5 Å². The zero-order chi connectivity index (χ0) is 14.0. The number of nitrogens with zero attached hydrogens (tertiary/aromatic N) is 1. The minimum Gasteiger partial charge on any atom is -0.383 e. The number of halogens is 3.